The number of ketones is 4. The molecular formula is C90H128FN7O28. The fourth-order valence-corrected chi connectivity index (χ4v) is 15.1. The largest absolute Gasteiger partial charge is 0.387 e. The number of aliphatic hydroxyl groups is 1. The number of pyridine rings is 1. The molecule has 6 amide bonds. The van der Waals surface area contributed by atoms with Gasteiger partial charge in [0.15, 0.2) is 23.0 Å². The third-order valence-corrected chi connectivity index (χ3v) is 22.0. The Labute approximate surface area is 735 Å². The number of aryl methyl sites for hydroxylation is 1. The number of Topliss-reactive ketones (excluding diaryl/α,β-unsaturated/α-hetero) is 4. The first-order valence-corrected chi connectivity index (χ1v) is 44.0. The van der Waals surface area contributed by atoms with Crippen LogP contribution in [0.25, 0.3) is 16.6 Å². The zero-order chi connectivity index (χ0) is 90.3. The Bertz CT molecular complexity index is 4110. The molecule has 3 aromatic rings. The number of carbonyl (C=O) groups is 12. The number of methoxy groups -OCH3 is 1. The number of esters is 2. The van der Waals surface area contributed by atoms with Gasteiger partial charge in [0.1, 0.15) is 31.5 Å². The average molecular weight is 1780 g/mol. The van der Waals surface area contributed by atoms with Crippen molar-refractivity contribution in [1.29, 1.82) is 0 Å². The number of unbranched alkanes of at least 4 members (excludes halogenated alkanes) is 3. The highest BCUT2D eigenvalue weighted by atomic mass is 19.1. The van der Waals surface area contributed by atoms with Crippen molar-refractivity contribution < 1.29 is 138 Å². The smallest absolute Gasteiger partial charge is 0.350 e. The van der Waals surface area contributed by atoms with Crippen LogP contribution in [-0.4, -0.2) is 314 Å². The molecule has 126 heavy (non-hydrogen) atoms. The van der Waals surface area contributed by atoms with Gasteiger partial charge in [-0.2, -0.15) is 0 Å². The van der Waals surface area contributed by atoms with Crippen molar-refractivity contribution in [3.05, 3.63) is 92.9 Å². The van der Waals surface area contributed by atoms with Gasteiger partial charge in [-0.25, -0.2) is 19.0 Å². The number of nitrogens with zero attached hydrogens (tertiary/aromatic N) is 3. The van der Waals surface area contributed by atoms with Gasteiger partial charge >= 0.3 is 11.9 Å². The molecule has 5 heterocycles. The van der Waals surface area contributed by atoms with E-state index in [2.05, 4.69) is 21.3 Å². The van der Waals surface area contributed by atoms with Crippen molar-refractivity contribution in [2.45, 2.75) is 160 Å². The summed E-state index contributed by atoms with van der Waals surface area (Å²) in [6.45, 7) is 14.7. The summed E-state index contributed by atoms with van der Waals surface area (Å²) < 4.78 is 97.0. The van der Waals surface area contributed by atoms with Gasteiger partial charge in [-0.05, 0) is 92.5 Å². The van der Waals surface area contributed by atoms with Crippen molar-refractivity contribution in [3.63, 3.8) is 0 Å². The first-order valence-electron chi connectivity index (χ1n) is 44.0. The number of rotatable bonds is 71. The van der Waals surface area contributed by atoms with Gasteiger partial charge in [-0.1, -0.05) is 57.0 Å². The number of hydrogen-bond acceptors (Lipinski definition) is 30. The molecule has 8 rings (SSSR count). The van der Waals surface area contributed by atoms with Crippen LogP contribution in [0.1, 0.15) is 156 Å². The van der Waals surface area contributed by atoms with E-state index in [1.165, 1.54) is 11.0 Å². The van der Waals surface area contributed by atoms with Gasteiger partial charge in [-0.3, -0.25) is 52.8 Å². The Balaban J connectivity index is 0.660. The van der Waals surface area contributed by atoms with E-state index < -0.39 is 71.1 Å². The highest BCUT2D eigenvalue weighted by Crippen LogP contribution is 2.49. The molecule has 35 nitrogen and oxygen atoms in total. The number of aromatic nitrogens is 1. The number of carbonyl (C=O) groups excluding carboxylic acids is 12. The molecule has 5 atom stereocenters. The van der Waals surface area contributed by atoms with Gasteiger partial charge in [0.05, 0.1) is 200 Å². The summed E-state index contributed by atoms with van der Waals surface area (Å²) in [6.07, 6.45) is 4.25. The molecule has 1 saturated heterocycles. The molecule has 0 radical (unpaired) electrons. The second-order valence-corrected chi connectivity index (χ2v) is 31.3. The maximum atomic E-state index is 15.5. The molecule has 0 bridgehead atoms. The summed E-state index contributed by atoms with van der Waals surface area (Å²) in [5.74, 6) is -7.83. The van der Waals surface area contributed by atoms with Crippen LogP contribution in [-0.2, 0) is 148 Å². The molecular weight excluding hydrogens is 1650 g/mol. The number of hydrogen-bond donors (Lipinski definition) is 5. The Morgan fingerprint density at radius 3 is 1.77 bits per heavy atom. The summed E-state index contributed by atoms with van der Waals surface area (Å²) in [5.41, 5.74) is 3.20. The number of imide groups is 1. The number of ether oxygens (including phenoxy) is 15. The summed E-state index contributed by atoms with van der Waals surface area (Å²) in [5, 5.41) is 22.9. The third-order valence-electron chi connectivity index (χ3n) is 22.0. The molecule has 5 aliphatic rings. The van der Waals surface area contributed by atoms with E-state index in [-0.39, 0.29) is 182 Å². The van der Waals surface area contributed by atoms with E-state index in [1.807, 2.05) is 4.90 Å². The molecule has 4 aliphatic heterocycles. The van der Waals surface area contributed by atoms with E-state index in [0.717, 1.165) is 22.1 Å². The molecule has 2 aromatic carbocycles. The van der Waals surface area contributed by atoms with Crippen molar-refractivity contribution >= 4 is 87.1 Å². The van der Waals surface area contributed by atoms with E-state index in [1.54, 1.807) is 64.3 Å². The number of benzene rings is 2. The van der Waals surface area contributed by atoms with E-state index >= 15 is 4.39 Å². The fraction of sp³-hybridized carbons (Fsp3) is 0.656. The standard InChI is InChI=1S/C90H128FN7O28/c1-5-90(111)73-54-77-85-72(58-97(77)57-71(73)88(109)126-89(90)110)83-65(18-20-70-63(3)74(91)55-76(96-85)84(70)83)52-69(101)59-125-61-94-79(103)23-21-78(102)75(51-64-14-8-6-9-15-64)95-80(104)22-19-68(100)56-93-86(107)66(53-67(99)17-10-7-13-25-98-82(106)50-62(2)87(98)108)16-11-12-24-92-81(105)60-124-49-48-123-47-46-122-45-44-121-43-42-120-41-40-119-39-38-118-37-36-117-35-34-116-33-32-115-31-30-114-29-28-113-27-26-112-4/h6,8-9,14-15,54-55,62,65-66,75,111H,5,7,10-13,16-53,56-61H2,1-4H3,(H,92,105)(H,93,107)(H,94,103)(H,95,104)/t62?,65-,66-,75+,90+/m1/s1. The lowest BCUT2D eigenvalue weighted by Gasteiger charge is -2.36. The van der Waals surface area contributed by atoms with E-state index in [0.29, 0.717) is 218 Å². The lowest BCUT2D eigenvalue weighted by Crippen LogP contribution is -2.49. The van der Waals surface area contributed by atoms with Crippen molar-refractivity contribution in [3.8, 4) is 0 Å². The monoisotopic (exact) mass is 1770 g/mol. The predicted octanol–water partition coefficient (Wildman–Crippen LogP) is 4.66. The quantitative estimate of drug-likeness (QED) is 0.0169. The van der Waals surface area contributed by atoms with E-state index in [4.69, 9.17) is 76.0 Å². The van der Waals surface area contributed by atoms with Crippen molar-refractivity contribution in [1.82, 2.24) is 36.1 Å². The van der Waals surface area contributed by atoms with E-state index in [9.17, 15) is 62.6 Å². The number of likely N-dealkylation sites (tertiary alicyclic amines) is 1. The zero-order valence-corrected chi connectivity index (χ0v) is 73.4. The van der Waals surface area contributed by atoms with Gasteiger partial charge < -0.3 is 102 Å². The molecule has 1 unspecified atom stereocenters. The maximum absolute atomic E-state index is 15.5. The minimum atomic E-state index is -2.06. The number of fused-ring (bicyclic) bond motifs is 4. The first-order chi connectivity index (χ1) is 61.1. The molecule has 0 spiro atoms. The number of cyclic esters (lactones) is 2. The number of nitrogens with one attached hydrogen (secondary N) is 4. The Kier molecular flexibility index (Phi) is 46.7. The minimum Gasteiger partial charge on any atom is -0.387 e. The van der Waals surface area contributed by atoms with Crippen molar-refractivity contribution in [2.24, 2.45) is 11.8 Å². The topological polar surface area (TPSA) is 431 Å². The molecule has 1 fully saturated rings. The van der Waals surface area contributed by atoms with Crippen LogP contribution >= 0.6 is 0 Å². The Hall–Kier alpha value is -8.70. The second-order valence-electron chi connectivity index (χ2n) is 31.3. The lowest BCUT2D eigenvalue weighted by atomic mass is 9.76. The Morgan fingerprint density at radius 1 is 0.619 bits per heavy atom. The average Bonchev–Trinajstić information content (AvgIpc) is 1.52. The lowest BCUT2D eigenvalue weighted by molar-refractivity contribution is -0.172. The van der Waals surface area contributed by atoms with Gasteiger partial charge in [-0.15, -0.1) is 0 Å². The maximum Gasteiger partial charge on any atom is 0.350 e. The van der Waals surface area contributed by atoms with Gasteiger partial charge in [0, 0.05) is 113 Å². The molecule has 1 aromatic heterocycles. The van der Waals surface area contributed by atoms with Gasteiger partial charge in [0.25, 0.3) is 0 Å². The second kappa shape index (κ2) is 57.3. The molecule has 5 N–H and O–H groups in total. The first kappa shape index (κ1) is 103. The Morgan fingerprint density at radius 2 is 1.20 bits per heavy atom. The zero-order valence-electron chi connectivity index (χ0n) is 73.4. The van der Waals surface area contributed by atoms with Crippen LogP contribution in [0, 0.1) is 24.6 Å². The molecule has 698 valence electrons. The van der Waals surface area contributed by atoms with Crippen LogP contribution < -0.4 is 21.3 Å². The number of amides is 6. The van der Waals surface area contributed by atoms with Crippen LogP contribution in [0.4, 0.5) is 4.39 Å². The summed E-state index contributed by atoms with van der Waals surface area (Å²) in [6, 6.07) is 9.15. The molecule has 1 aliphatic carbocycles. The van der Waals surface area contributed by atoms with Crippen LogP contribution in [0.3, 0.4) is 0 Å². The number of halogens is 1. The highest BCUT2D eigenvalue weighted by Gasteiger charge is 2.51. The minimum absolute atomic E-state index is 0.0192. The molecule has 36 heteroatoms. The third kappa shape index (κ3) is 34.7. The van der Waals surface area contributed by atoms with Crippen molar-refractivity contribution in [2.75, 3.05) is 212 Å². The van der Waals surface area contributed by atoms with Crippen LogP contribution in [0.15, 0.2) is 53.6 Å². The van der Waals surface area contributed by atoms with Crippen LogP contribution in [0.5, 0.6) is 0 Å². The summed E-state index contributed by atoms with van der Waals surface area (Å²) >= 11 is 0. The van der Waals surface area contributed by atoms with Gasteiger partial charge in [0.2, 0.25) is 35.4 Å². The molecule has 0 saturated carbocycles. The summed E-state index contributed by atoms with van der Waals surface area (Å²) in [7, 11) is 1.63. The van der Waals surface area contributed by atoms with Crippen LogP contribution in [0.2, 0.25) is 0 Å². The fourth-order valence-electron chi connectivity index (χ4n) is 15.1. The SMILES string of the molecule is CC[C@@]1(O)C(=O)OC(=O)C2=C1C=C1c3nc4cc(F)c(C)c5c4c(c3CN1C2)[C@@H](CC(=O)COCNC(=O)CCC(=O)[C@H](Cc1ccccc1)NC(=O)CCC(=O)CNC(=O)[C@H](CCCCNC(=O)COCCOCCOCCOCCOCCOCCOCCOCCOCCOCCOCCOCCOC)CC(=O)CCCCCN1C(=O)CC(C)C1=O)CC5. The highest BCUT2D eigenvalue weighted by molar-refractivity contribution is 6.08. The predicted molar refractivity (Wildman–Crippen MR) is 452 cm³/mol. The normalized spacial score (nSPS) is 17.0. The summed E-state index contributed by atoms with van der Waals surface area (Å²) in [4.78, 5) is 166.